The van der Waals surface area contributed by atoms with E-state index in [0.717, 1.165) is 39.0 Å². The number of amidine groups is 1. The molecule has 8 aromatic carbocycles. The number of fused-ring (bicyclic) bond motifs is 6. The third-order valence-electron chi connectivity index (χ3n) is 10.7. The zero-order valence-corrected chi connectivity index (χ0v) is 30.0. The average Bonchev–Trinajstić information content (AvgIpc) is 3.80. The molecule has 1 aliphatic heterocycles. The second kappa shape index (κ2) is 12.4. The molecule has 3 nitrogen and oxygen atoms in total. The van der Waals surface area contributed by atoms with Crippen molar-refractivity contribution in [2.75, 3.05) is 4.90 Å². The molecule has 0 saturated heterocycles. The van der Waals surface area contributed by atoms with E-state index in [-0.39, 0.29) is 6.17 Å². The van der Waals surface area contributed by atoms with Gasteiger partial charge in [0.25, 0.3) is 0 Å². The maximum Gasteiger partial charge on any atom is 0.156 e. The molecular formula is C50H32N2OS. The summed E-state index contributed by atoms with van der Waals surface area (Å²) in [7, 11) is 0. The number of benzene rings is 8. The van der Waals surface area contributed by atoms with E-state index < -0.39 is 0 Å². The van der Waals surface area contributed by atoms with E-state index in [9.17, 15) is 0 Å². The molecule has 1 atom stereocenters. The summed E-state index contributed by atoms with van der Waals surface area (Å²) in [6, 6.07) is 67.0. The molecule has 0 bridgehead atoms. The van der Waals surface area contributed by atoms with E-state index in [2.05, 4.69) is 193 Å². The SMILES string of the molecule is c1ccc(-c2ccc(-c3ccc(C4=NC(c5cccc6c5sc5ccccc56)N4c4ccc5c(c4)oc4cccc(-c6ccccc6)c45)cc3)cc2)cc1. The van der Waals surface area contributed by atoms with Crippen LogP contribution in [0.4, 0.5) is 5.69 Å². The minimum atomic E-state index is -0.177. The van der Waals surface area contributed by atoms with Crippen LogP contribution in [0.5, 0.6) is 0 Å². The molecule has 11 rings (SSSR count). The summed E-state index contributed by atoms with van der Waals surface area (Å²) >= 11 is 1.85. The van der Waals surface area contributed by atoms with Gasteiger partial charge in [-0.15, -0.1) is 11.3 Å². The van der Waals surface area contributed by atoms with Crippen LogP contribution in [0.2, 0.25) is 0 Å². The molecule has 54 heavy (non-hydrogen) atoms. The fourth-order valence-electron chi connectivity index (χ4n) is 8.07. The Balaban J connectivity index is 1.01. The molecule has 1 unspecified atom stereocenters. The fraction of sp³-hybridized carbons (Fsp3) is 0.0200. The first-order valence-corrected chi connectivity index (χ1v) is 19.1. The molecular weight excluding hydrogens is 677 g/mol. The van der Waals surface area contributed by atoms with E-state index in [4.69, 9.17) is 9.41 Å². The van der Waals surface area contributed by atoms with Gasteiger partial charge in [0.2, 0.25) is 0 Å². The maximum atomic E-state index is 6.60. The molecule has 0 spiro atoms. The molecule has 0 saturated carbocycles. The second-order valence-corrected chi connectivity index (χ2v) is 14.9. The lowest BCUT2D eigenvalue weighted by Crippen LogP contribution is -2.43. The van der Waals surface area contributed by atoms with Crippen molar-refractivity contribution in [3.8, 4) is 33.4 Å². The molecule has 1 aliphatic rings. The zero-order chi connectivity index (χ0) is 35.6. The predicted molar refractivity (Wildman–Crippen MR) is 228 cm³/mol. The Morgan fingerprint density at radius 2 is 1.07 bits per heavy atom. The minimum absolute atomic E-state index is 0.177. The van der Waals surface area contributed by atoms with Crippen molar-refractivity contribution in [1.82, 2.24) is 0 Å². The van der Waals surface area contributed by atoms with Gasteiger partial charge < -0.3 is 4.42 Å². The summed E-state index contributed by atoms with van der Waals surface area (Å²) in [5.41, 5.74) is 12.3. The number of hydrogen-bond donors (Lipinski definition) is 0. The Kier molecular flexibility index (Phi) is 7.10. The molecule has 10 aromatic rings. The summed E-state index contributed by atoms with van der Waals surface area (Å²) in [6.45, 7) is 0. The number of furan rings is 1. The maximum absolute atomic E-state index is 6.60. The summed E-state index contributed by atoms with van der Waals surface area (Å²) in [5, 5.41) is 4.82. The van der Waals surface area contributed by atoms with Crippen molar-refractivity contribution in [1.29, 1.82) is 0 Å². The third-order valence-corrected chi connectivity index (χ3v) is 12.0. The number of hydrogen-bond acceptors (Lipinski definition) is 4. The van der Waals surface area contributed by atoms with Gasteiger partial charge in [-0.3, -0.25) is 4.90 Å². The number of thiophene rings is 1. The number of rotatable bonds is 6. The van der Waals surface area contributed by atoms with Gasteiger partial charge in [-0.2, -0.15) is 0 Å². The lowest BCUT2D eigenvalue weighted by Gasteiger charge is -2.40. The zero-order valence-electron chi connectivity index (χ0n) is 29.2. The highest BCUT2D eigenvalue weighted by Gasteiger charge is 2.36. The summed E-state index contributed by atoms with van der Waals surface area (Å²) < 4.78 is 9.18. The molecule has 3 heterocycles. The lowest BCUT2D eigenvalue weighted by molar-refractivity contribution is 0.666. The van der Waals surface area contributed by atoms with Crippen LogP contribution in [0.15, 0.2) is 197 Å². The molecule has 0 fully saturated rings. The van der Waals surface area contributed by atoms with Crippen molar-refractivity contribution >= 4 is 65.0 Å². The van der Waals surface area contributed by atoms with Gasteiger partial charge >= 0.3 is 0 Å². The van der Waals surface area contributed by atoms with Crippen molar-refractivity contribution in [3.05, 3.63) is 199 Å². The van der Waals surface area contributed by atoms with E-state index in [1.54, 1.807) is 0 Å². The first-order valence-electron chi connectivity index (χ1n) is 18.3. The number of nitrogens with zero attached hydrogens (tertiary/aromatic N) is 2. The summed E-state index contributed by atoms with van der Waals surface area (Å²) in [6.07, 6.45) is -0.177. The first-order chi connectivity index (χ1) is 26.8. The summed E-state index contributed by atoms with van der Waals surface area (Å²) in [5.74, 6) is 0.949. The molecule has 0 radical (unpaired) electrons. The quantitative estimate of drug-likeness (QED) is 0.172. The van der Waals surface area contributed by atoms with Crippen LogP contribution in [0.25, 0.3) is 75.5 Å². The molecule has 254 valence electrons. The van der Waals surface area contributed by atoms with Crippen LogP contribution in [-0.4, -0.2) is 5.84 Å². The molecule has 0 aliphatic carbocycles. The van der Waals surface area contributed by atoms with Crippen molar-refractivity contribution < 1.29 is 4.42 Å². The van der Waals surface area contributed by atoms with Gasteiger partial charge in [-0.25, -0.2) is 4.99 Å². The Morgan fingerprint density at radius 3 is 1.81 bits per heavy atom. The van der Waals surface area contributed by atoms with Crippen molar-refractivity contribution in [2.45, 2.75) is 6.17 Å². The number of aliphatic imine (C=N–C) groups is 1. The van der Waals surface area contributed by atoms with E-state index in [1.807, 2.05) is 11.3 Å². The summed E-state index contributed by atoms with van der Waals surface area (Å²) in [4.78, 5) is 7.77. The molecule has 2 aromatic heterocycles. The van der Waals surface area contributed by atoms with E-state index >= 15 is 0 Å². The van der Waals surface area contributed by atoms with Gasteiger partial charge in [0.05, 0.1) is 0 Å². The Morgan fingerprint density at radius 1 is 0.463 bits per heavy atom. The minimum Gasteiger partial charge on any atom is -0.456 e. The van der Waals surface area contributed by atoms with Gasteiger partial charge in [0.1, 0.15) is 17.0 Å². The Bertz CT molecular complexity index is 3030. The first kappa shape index (κ1) is 30.8. The fourth-order valence-corrected chi connectivity index (χ4v) is 9.31. The highest BCUT2D eigenvalue weighted by Crippen LogP contribution is 2.46. The standard InChI is InChI=1S/C50H32N2OS/c1-3-11-32(12-4-1)33-21-23-34(24-22-33)35-25-27-37(28-26-35)49-51-50(43-18-9-17-41-40-15-7-8-20-46(40)54-48(41)43)52(49)38-29-30-42-45(31-38)53-44-19-10-16-39(47(42)44)36-13-5-2-6-14-36/h1-31,50H. The smallest absolute Gasteiger partial charge is 0.156 e. The molecule has 4 heteroatoms. The van der Waals surface area contributed by atoms with Crippen LogP contribution in [0, 0.1) is 0 Å². The second-order valence-electron chi connectivity index (χ2n) is 13.9. The third kappa shape index (κ3) is 4.99. The van der Waals surface area contributed by atoms with Gasteiger partial charge in [0, 0.05) is 53.8 Å². The van der Waals surface area contributed by atoms with Crippen molar-refractivity contribution in [2.24, 2.45) is 4.99 Å². The monoisotopic (exact) mass is 708 g/mol. The largest absolute Gasteiger partial charge is 0.456 e. The van der Waals surface area contributed by atoms with Gasteiger partial charge in [-0.1, -0.05) is 158 Å². The van der Waals surface area contributed by atoms with Crippen LogP contribution in [-0.2, 0) is 0 Å². The van der Waals surface area contributed by atoms with Gasteiger partial charge in [-0.05, 0) is 57.6 Å². The Labute approximate surface area is 316 Å². The highest BCUT2D eigenvalue weighted by molar-refractivity contribution is 7.26. The van der Waals surface area contributed by atoms with Gasteiger partial charge in [0.15, 0.2) is 6.17 Å². The average molecular weight is 709 g/mol. The van der Waals surface area contributed by atoms with Crippen LogP contribution in [0.3, 0.4) is 0 Å². The lowest BCUT2D eigenvalue weighted by atomic mass is 9.97. The Hall–Kier alpha value is -6.75. The molecule has 0 N–H and O–H groups in total. The topological polar surface area (TPSA) is 28.7 Å². The number of anilines is 1. The highest BCUT2D eigenvalue weighted by atomic mass is 32.1. The van der Waals surface area contributed by atoms with E-state index in [0.29, 0.717) is 0 Å². The normalized spacial score (nSPS) is 14.2. The van der Waals surface area contributed by atoms with Crippen LogP contribution < -0.4 is 4.90 Å². The predicted octanol–water partition coefficient (Wildman–Crippen LogP) is 13.9. The molecule has 0 amide bonds. The van der Waals surface area contributed by atoms with Crippen LogP contribution in [0.1, 0.15) is 17.3 Å². The van der Waals surface area contributed by atoms with Crippen LogP contribution >= 0.6 is 11.3 Å². The van der Waals surface area contributed by atoms with E-state index in [1.165, 1.54) is 59.1 Å². The van der Waals surface area contributed by atoms with Crippen molar-refractivity contribution in [3.63, 3.8) is 0 Å².